The normalized spacial score (nSPS) is 51.1. The van der Waals surface area contributed by atoms with Gasteiger partial charge in [0.1, 0.15) is 5.78 Å². The third kappa shape index (κ3) is 2.88. The maximum absolute atomic E-state index is 12.3. The zero-order valence-electron chi connectivity index (χ0n) is 19.3. The lowest BCUT2D eigenvalue weighted by molar-refractivity contribution is -0.121. The summed E-state index contributed by atoms with van der Waals surface area (Å²) in [5.41, 5.74) is 2.79. The van der Waals surface area contributed by atoms with Crippen molar-refractivity contribution in [3.05, 3.63) is 11.6 Å². The molecule has 0 aromatic heterocycles. The highest BCUT2D eigenvalue weighted by Gasteiger charge is 2.73. The van der Waals surface area contributed by atoms with Crippen LogP contribution in [0.25, 0.3) is 0 Å². The molecular formula is C29H48O2. The summed E-state index contributed by atoms with van der Waals surface area (Å²) in [7, 11) is 0. The van der Waals surface area contributed by atoms with Crippen LogP contribution in [0.4, 0.5) is 0 Å². The highest BCUT2D eigenvalue weighted by Crippen LogP contribution is 2.81. The predicted octanol–water partition coefficient (Wildman–Crippen LogP) is 7.80. The Labute approximate surface area is 192 Å². The molecule has 0 aromatic rings. The van der Waals surface area contributed by atoms with Crippen molar-refractivity contribution < 1.29 is 9.59 Å². The molecule has 0 aliphatic heterocycles. The predicted molar refractivity (Wildman–Crippen MR) is 130 cm³/mol. The molecule has 5 unspecified atom stereocenters. The molecule has 0 saturated heterocycles. The topological polar surface area (TPSA) is 34.1 Å². The molecule has 5 saturated carbocycles. The Morgan fingerprint density at radius 1 is 0.806 bits per heavy atom. The molecule has 6 rings (SSSR count). The lowest BCUT2D eigenvalue weighted by Gasteiger charge is -2.60. The lowest BCUT2D eigenvalue weighted by Crippen LogP contribution is -2.54. The quantitative estimate of drug-likeness (QED) is 0.394. The van der Waals surface area contributed by atoms with E-state index in [2.05, 4.69) is 26.8 Å². The van der Waals surface area contributed by atoms with E-state index in [-0.39, 0.29) is 20.3 Å². The Bertz CT molecular complexity index is 795. The first-order chi connectivity index (χ1) is 13.7. The fourth-order valence-electron chi connectivity index (χ4n) is 9.75. The van der Waals surface area contributed by atoms with Gasteiger partial charge in [-0.25, -0.2) is 0 Å². The number of rotatable bonds is 0. The largest absolute Gasteiger partial charge is 0.300 e. The summed E-state index contributed by atoms with van der Waals surface area (Å²) in [6.45, 7) is 11.6. The third-order valence-electron chi connectivity index (χ3n) is 11.3. The first kappa shape index (κ1) is 24.7. The number of ketones is 2. The van der Waals surface area contributed by atoms with Gasteiger partial charge in [-0.3, -0.25) is 9.59 Å². The Kier molecular flexibility index (Phi) is 6.03. The summed E-state index contributed by atoms with van der Waals surface area (Å²) in [6.07, 6.45) is 13.4. The van der Waals surface area contributed by atoms with Crippen molar-refractivity contribution in [2.24, 2.45) is 45.3 Å². The van der Waals surface area contributed by atoms with Gasteiger partial charge >= 0.3 is 0 Å². The van der Waals surface area contributed by atoms with E-state index in [1.165, 1.54) is 37.7 Å². The van der Waals surface area contributed by atoms with Crippen LogP contribution in [0.2, 0.25) is 0 Å². The van der Waals surface area contributed by atoms with Crippen molar-refractivity contribution in [3.63, 3.8) is 0 Å². The average Bonchev–Trinajstić information content (AvgIpc) is 3.11. The summed E-state index contributed by atoms with van der Waals surface area (Å²) in [6, 6.07) is 0. The van der Waals surface area contributed by atoms with E-state index in [9.17, 15) is 9.59 Å². The highest BCUT2D eigenvalue weighted by atomic mass is 16.1. The number of hydrogen-bond acceptors (Lipinski definition) is 2. The van der Waals surface area contributed by atoms with E-state index < -0.39 is 0 Å². The molecular weight excluding hydrogens is 380 g/mol. The summed E-state index contributed by atoms with van der Waals surface area (Å²) in [5.74, 6) is 4.11. The maximum Gasteiger partial charge on any atom is 0.155 e. The van der Waals surface area contributed by atoms with Gasteiger partial charge in [0.25, 0.3) is 0 Å². The Balaban J connectivity index is 0.000000663. The zero-order valence-corrected chi connectivity index (χ0v) is 19.3. The molecule has 0 amide bonds. The third-order valence-corrected chi connectivity index (χ3v) is 11.3. The van der Waals surface area contributed by atoms with Crippen molar-refractivity contribution in [2.75, 3.05) is 0 Å². The Morgan fingerprint density at radius 3 is 2.13 bits per heavy atom. The van der Waals surface area contributed by atoms with Gasteiger partial charge in [-0.15, -0.1) is 0 Å². The second-order valence-electron chi connectivity index (χ2n) is 12.0. The van der Waals surface area contributed by atoms with Gasteiger partial charge in [0.2, 0.25) is 0 Å². The van der Waals surface area contributed by atoms with Crippen LogP contribution in [-0.4, -0.2) is 11.6 Å². The summed E-state index contributed by atoms with van der Waals surface area (Å²) >= 11 is 0. The van der Waals surface area contributed by atoms with Crippen molar-refractivity contribution in [2.45, 2.75) is 114 Å². The first-order valence-electron chi connectivity index (χ1n) is 12.5. The number of allylic oxidation sites excluding steroid dienone is 1. The van der Waals surface area contributed by atoms with E-state index in [1.807, 2.05) is 13.8 Å². The number of carbonyl (C=O) groups is 2. The van der Waals surface area contributed by atoms with Crippen molar-refractivity contribution in [1.82, 2.24) is 0 Å². The molecule has 6 aliphatic carbocycles. The standard InChI is InChI=1S/C25H34O2.C2H6.2CH4/c1-22-8-4-15(26)12-20(22)23(2)14-19(23)21-17(22)6-9-24(3)18(21)7-11-25(24)10-5-16(27)13-25;1-2;;/h12,17-19,21H,4-11,13-14H2,1-3H3;1-2H3;2*1H4/t17-,18-,19?,21?,22?,23?,24?,25+;;;/m0.../s1. The van der Waals surface area contributed by atoms with E-state index in [1.54, 1.807) is 0 Å². The summed E-state index contributed by atoms with van der Waals surface area (Å²) in [5, 5.41) is 0. The minimum atomic E-state index is 0. The van der Waals surface area contributed by atoms with Gasteiger partial charge in [0.05, 0.1) is 0 Å². The number of Topliss-reactive ketones (excluding diaryl/α,β-unsaturated/α-hetero) is 1. The van der Waals surface area contributed by atoms with Crippen LogP contribution in [0.5, 0.6) is 0 Å². The SMILES string of the molecule is C.C.CC.CC12CC1C1[C@H](CCC3(C)[C@H]1CC[C@@]31CCC(=O)C1)C1(C)CCC(=O)C=C21. The lowest BCUT2D eigenvalue weighted by atomic mass is 9.43. The second-order valence-corrected chi connectivity index (χ2v) is 12.0. The second kappa shape index (κ2) is 7.56. The molecule has 6 aliphatic rings. The molecule has 0 bridgehead atoms. The van der Waals surface area contributed by atoms with Crippen LogP contribution < -0.4 is 0 Å². The monoisotopic (exact) mass is 428 g/mol. The molecule has 0 N–H and O–H groups in total. The van der Waals surface area contributed by atoms with Gasteiger partial charge in [-0.1, -0.05) is 55.0 Å². The number of carbonyl (C=O) groups excluding carboxylic acids is 2. The first-order valence-corrected chi connectivity index (χ1v) is 12.5. The van der Waals surface area contributed by atoms with Gasteiger partial charge in [-0.2, -0.15) is 0 Å². The van der Waals surface area contributed by atoms with Gasteiger partial charge in [-0.05, 0) is 96.4 Å². The molecule has 0 heterocycles. The van der Waals surface area contributed by atoms with E-state index in [0.29, 0.717) is 27.8 Å². The van der Waals surface area contributed by atoms with Crippen LogP contribution in [0, 0.1) is 45.3 Å². The molecule has 2 nitrogen and oxygen atoms in total. The van der Waals surface area contributed by atoms with E-state index in [4.69, 9.17) is 0 Å². The van der Waals surface area contributed by atoms with Crippen LogP contribution in [0.1, 0.15) is 114 Å². The Morgan fingerprint density at radius 2 is 1.48 bits per heavy atom. The van der Waals surface area contributed by atoms with Crippen molar-refractivity contribution in [3.8, 4) is 0 Å². The molecule has 0 radical (unpaired) electrons. The van der Waals surface area contributed by atoms with Crippen molar-refractivity contribution >= 4 is 11.6 Å². The maximum atomic E-state index is 12.3. The molecule has 176 valence electrons. The van der Waals surface area contributed by atoms with Crippen LogP contribution in [-0.2, 0) is 9.59 Å². The van der Waals surface area contributed by atoms with Crippen LogP contribution in [0.3, 0.4) is 0 Å². The average molecular weight is 429 g/mol. The minimum Gasteiger partial charge on any atom is -0.300 e. The van der Waals surface area contributed by atoms with Gasteiger partial charge in [0.15, 0.2) is 5.78 Å². The van der Waals surface area contributed by atoms with Crippen LogP contribution >= 0.6 is 0 Å². The molecule has 1 spiro atoms. The number of fused-ring (bicyclic) bond motifs is 9. The van der Waals surface area contributed by atoms with Crippen molar-refractivity contribution in [1.29, 1.82) is 0 Å². The minimum absolute atomic E-state index is 0. The number of hydrogen-bond donors (Lipinski definition) is 0. The van der Waals surface area contributed by atoms with E-state index in [0.717, 1.165) is 55.8 Å². The summed E-state index contributed by atoms with van der Waals surface area (Å²) < 4.78 is 0. The highest BCUT2D eigenvalue weighted by molar-refractivity contribution is 5.92. The molecule has 31 heavy (non-hydrogen) atoms. The fourth-order valence-corrected chi connectivity index (χ4v) is 9.75. The zero-order chi connectivity index (χ0) is 20.8. The molecule has 0 aromatic carbocycles. The Hall–Kier alpha value is -0.920. The smallest absolute Gasteiger partial charge is 0.155 e. The van der Waals surface area contributed by atoms with E-state index >= 15 is 0 Å². The summed E-state index contributed by atoms with van der Waals surface area (Å²) in [4.78, 5) is 24.5. The molecule has 8 atom stereocenters. The van der Waals surface area contributed by atoms with Gasteiger partial charge in [0, 0.05) is 19.3 Å². The fraction of sp³-hybridized carbons (Fsp3) is 0.862. The molecule has 2 heteroatoms. The van der Waals surface area contributed by atoms with Crippen LogP contribution in [0.15, 0.2) is 11.6 Å². The molecule has 5 fully saturated rings. The van der Waals surface area contributed by atoms with Gasteiger partial charge < -0.3 is 0 Å².